The van der Waals surface area contributed by atoms with E-state index in [1.807, 2.05) is 0 Å². The lowest BCUT2D eigenvalue weighted by Gasteiger charge is -2.49. The Kier molecular flexibility index (Phi) is 7.36. The van der Waals surface area contributed by atoms with Crippen molar-refractivity contribution in [3.8, 4) is 0 Å². The third-order valence-electron chi connectivity index (χ3n) is 9.70. The molecule has 17 heteroatoms. The number of anilines is 2. The molecule has 6 unspecified atom stereocenters. The molecule has 4 amide bonds. The maximum atomic E-state index is 15.1. The average molecular weight is 725 g/mol. The highest BCUT2D eigenvalue weighted by Crippen LogP contribution is 2.66. The topological polar surface area (TPSA) is 145 Å². The number of halogens is 7. The molecule has 1 saturated carbocycles. The van der Waals surface area contributed by atoms with Crippen LogP contribution in [0.3, 0.4) is 0 Å². The minimum absolute atomic E-state index is 0.0585. The van der Waals surface area contributed by atoms with Gasteiger partial charge in [-0.25, -0.2) is 31.6 Å². The highest BCUT2D eigenvalue weighted by Gasteiger charge is 2.77. The molecule has 6 atom stereocenters. The van der Waals surface area contributed by atoms with Crippen LogP contribution in [0, 0.1) is 46.8 Å². The standard InChI is InChI=1S/C32H19Cl2F5N2O8/c33-31-9-16-14(5-6-15-18(16)27(44)40(26(15)43)12-3-1-2-11(8-12)28(45)46)19(17-7-4-13(10-42)49-17)32(31,34)30(48)41(29(31)47)25-23(38)21(36)20(35)22(37)24(25)39/h1-5,7-8,15-16,18-19,42H,6,9-10H2,(H,45,46). The summed E-state index contributed by atoms with van der Waals surface area (Å²) in [5, 5.41) is 19.1. The van der Waals surface area contributed by atoms with E-state index < -0.39 is 111 Å². The molecule has 2 aliphatic heterocycles. The number of aromatic carboxylic acids is 1. The van der Waals surface area contributed by atoms with Gasteiger partial charge in [0.15, 0.2) is 33.0 Å². The van der Waals surface area contributed by atoms with E-state index in [1.165, 1.54) is 36.4 Å². The van der Waals surface area contributed by atoms with Crippen molar-refractivity contribution in [2.24, 2.45) is 17.8 Å². The molecular formula is C32H19Cl2F5N2O8. The lowest BCUT2D eigenvalue weighted by Crippen LogP contribution is -2.60. The first-order valence-corrected chi connectivity index (χ1v) is 15.2. The van der Waals surface area contributed by atoms with Gasteiger partial charge in [-0.1, -0.05) is 17.7 Å². The first-order valence-electron chi connectivity index (χ1n) is 14.5. The molecule has 0 spiro atoms. The van der Waals surface area contributed by atoms with Crippen LogP contribution in [0.4, 0.5) is 33.3 Å². The van der Waals surface area contributed by atoms with Crippen LogP contribution in [-0.2, 0) is 25.8 Å². The second kappa shape index (κ2) is 11.0. The number of imide groups is 2. The number of nitrogens with zero attached hydrogens (tertiary/aromatic N) is 2. The van der Waals surface area contributed by atoms with Crippen LogP contribution in [0.5, 0.6) is 0 Å². The molecular weight excluding hydrogens is 706 g/mol. The molecule has 2 aromatic carbocycles. The summed E-state index contributed by atoms with van der Waals surface area (Å²) in [6.07, 6.45) is 0.610. The molecule has 0 radical (unpaired) electrons. The van der Waals surface area contributed by atoms with E-state index in [2.05, 4.69) is 0 Å². The lowest BCUT2D eigenvalue weighted by molar-refractivity contribution is -0.125. The number of fused-ring (bicyclic) bond motifs is 4. The van der Waals surface area contributed by atoms with Gasteiger partial charge in [-0.05, 0) is 49.1 Å². The van der Waals surface area contributed by atoms with Gasteiger partial charge in [0, 0.05) is 0 Å². The second-order valence-corrected chi connectivity index (χ2v) is 13.3. The third-order valence-corrected chi connectivity index (χ3v) is 11.1. The zero-order valence-corrected chi connectivity index (χ0v) is 25.9. The van der Waals surface area contributed by atoms with E-state index in [9.17, 15) is 47.4 Å². The molecule has 3 fully saturated rings. The van der Waals surface area contributed by atoms with E-state index in [-0.39, 0.29) is 39.7 Å². The molecule has 49 heavy (non-hydrogen) atoms. The number of carbonyl (C=O) groups excluding carboxylic acids is 4. The molecule has 7 rings (SSSR count). The van der Waals surface area contributed by atoms with Crippen molar-refractivity contribution in [1.29, 1.82) is 0 Å². The Labute approximate surface area is 281 Å². The fraction of sp³-hybridized carbons (Fsp3) is 0.281. The smallest absolute Gasteiger partial charge is 0.335 e. The second-order valence-electron chi connectivity index (χ2n) is 12.0. The van der Waals surface area contributed by atoms with E-state index in [1.54, 1.807) is 0 Å². The van der Waals surface area contributed by atoms with Gasteiger partial charge in [0.2, 0.25) is 17.6 Å². The van der Waals surface area contributed by atoms with Crippen LogP contribution in [0.2, 0.25) is 0 Å². The average Bonchev–Trinajstić information content (AvgIpc) is 3.69. The number of benzene rings is 2. The Morgan fingerprint density at radius 3 is 2.14 bits per heavy atom. The summed E-state index contributed by atoms with van der Waals surface area (Å²) < 4.78 is 78.6. The molecule has 1 aromatic heterocycles. The predicted octanol–water partition coefficient (Wildman–Crippen LogP) is 4.93. The minimum Gasteiger partial charge on any atom is -0.478 e. The van der Waals surface area contributed by atoms with Crippen molar-refractivity contribution >= 4 is 64.2 Å². The number of hydrogen-bond acceptors (Lipinski definition) is 7. The van der Waals surface area contributed by atoms with E-state index in [4.69, 9.17) is 27.6 Å². The molecule has 3 aromatic rings. The van der Waals surface area contributed by atoms with Crippen molar-refractivity contribution < 1.29 is 60.6 Å². The Hall–Kier alpha value is -4.60. The fourth-order valence-electron chi connectivity index (χ4n) is 7.55. The summed E-state index contributed by atoms with van der Waals surface area (Å²) in [7, 11) is 0. The molecule has 0 bridgehead atoms. The van der Waals surface area contributed by atoms with E-state index >= 15 is 8.78 Å². The number of hydrogen-bond donors (Lipinski definition) is 2. The summed E-state index contributed by atoms with van der Waals surface area (Å²) in [4.78, 5) is 62.7. The molecule has 4 aliphatic rings. The SMILES string of the molecule is O=C(O)c1cccc(N2C(=O)C3CC=C4C(CC5(Cl)C(=O)N(c6c(F)c(F)c(F)c(F)c6F)C(=O)C5(Cl)C4c4ccc(CO)o4)C3C2=O)c1. The maximum absolute atomic E-state index is 15.1. The molecule has 3 heterocycles. The summed E-state index contributed by atoms with van der Waals surface area (Å²) >= 11 is 14.0. The summed E-state index contributed by atoms with van der Waals surface area (Å²) in [6.45, 7) is -0.651. The van der Waals surface area contributed by atoms with Gasteiger partial charge in [0.1, 0.15) is 23.8 Å². The number of aliphatic hydroxyl groups is 1. The molecule has 2 saturated heterocycles. The zero-order valence-electron chi connectivity index (χ0n) is 24.4. The van der Waals surface area contributed by atoms with Crippen LogP contribution in [-0.4, -0.2) is 49.6 Å². The number of allylic oxidation sites excluding steroid dienone is 2. The summed E-state index contributed by atoms with van der Waals surface area (Å²) in [6, 6.07) is 7.56. The third kappa shape index (κ3) is 4.18. The molecule has 2 aliphatic carbocycles. The normalized spacial score (nSPS) is 29.3. The van der Waals surface area contributed by atoms with Gasteiger partial charge in [0.25, 0.3) is 11.8 Å². The van der Waals surface area contributed by atoms with Gasteiger partial charge in [0.05, 0.1) is 29.0 Å². The van der Waals surface area contributed by atoms with Crippen LogP contribution in [0.15, 0.2) is 52.5 Å². The van der Waals surface area contributed by atoms with Gasteiger partial charge in [-0.15, -0.1) is 23.2 Å². The quantitative estimate of drug-likeness (QED) is 0.0941. The van der Waals surface area contributed by atoms with Gasteiger partial charge in [-0.2, -0.15) is 0 Å². The van der Waals surface area contributed by atoms with Crippen molar-refractivity contribution in [3.05, 3.63) is 94.2 Å². The van der Waals surface area contributed by atoms with Crippen LogP contribution < -0.4 is 9.80 Å². The highest BCUT2D eigenvalue weighted by molar-refractivity contribution is 6.58. The van der Waals surface area contributed by atoms with Crippen molar-refractivity contribution in [2.75, 3.05) is 9.80 Å². The summed E-state index contributed by atoms with van der Waals surface area (Å²) in [5.74, 6) is -24.1. The Morgan fingerprint density at radius 1 is 0.878 bits per heavy atom. The van der Waals surface area contributed by atoms with Gasteiger partial charge in [-0.3, -0.25) is 24.1 Å². The Morgan fingerprint density at radius 2 is 1.53 bits per heavy atom. The molecule has 2 N–H and O–H groups in total. The molecule has 10 nitrogen and oxygen atoms in total. The minimum atomic E-state index is -2.77. The Balaban J connectivity index is 1.40. The van der Waals surface area contributed by atoms with E-state index in [0.29, 0.717) is 0 Å². The van der Waals surface area contributed by atoms with Gasteiger partial charge >= 0.3 is 5.97 Å². The number of aliphatic hydroxyl groups excluding tert-OH is 1. The number of amides is 4. The van der Waals surface area contributed by atoms with Crippen LogP contribution in [0.1, 0.15) is 40.6 Å². The summed E-state index contributed by atoms with van der Waals surface area (Å²) in [5.41, 5.74) is -2.05. The van der Waals surface area contributed by atoms with Gasteiger partial charge < -0.3 is 14.6 Å². The number of carboxylic acids is 1. The maximum Gasteiger partial charge on any atom is 0.335 e. The fourth-order valence-corrected chi connectivity index (χ4v) is 8.46. The largest absolute Gasteiger partial charge is 0.478 e. The lowest BCUT2D eigenvalue weighted by atomic mass is 9.57. The number of carboxylic acid groups (broad SMARTS) is 1. The first-order chi connectivity index (χ1) is 23.1. The first kappa shape index (κ1) is 32.9. The number of rotatable bonds is 5. The van der Waals surface area contributed by atoms with Crippen molar-refractivity contribution in [3.63, 3.8) is 0 Å². The number of alkyl halides is 2. The highest BCUT2D eigenvalue weighted by atomic mass is 35.5. The predicted molar refractivity (Wildman–Crippen MR) is 157 cm³/mol. The van der Waals surface area contributed by atoms with Crippen molar-refractivity contribution in [2.45, 2.75) is 35.1 Å². The Bertz CT molecular complexity index is 2060. The number of carbonyl (C=O) groups is 5. The molecule has 254 valence electrons. The number of furan rings is 1. The van der Waals surface area contributed by atoms with E-state index in [0.717, 1.165) is 11.0 Å². The van der Waals surface area contributed by atoms with Crippen LogP contribution >= 0.6 is 23.2 Å². The zero-order chi connectivity index (χ0) is 35.5. The van der Waals surface area contributed by atoms with Crippen molar-refractivity contribution in [1.82, 2.24) is 0 Å². The van der Waals surface area contributed by atoms with Crippen LogP contribution in [0.25, 0.3) is 0 Å². The monoisotopic (exact) mass is 724 g/mol.